The highest BCUT2D eigenvalue weighted by atomic mass is 32.2. The molecule has 0 unspecified atom stereocenters. The zero-order chi connectivity index (χ0) is 11.3. The fourth-order valence-corrected chi connectivity index (χ4v) is 2.14. The fraction of sp³-hybridized carbons (Fsp3) is 0.364. The molecule has 1 rings (SSSR count). The summed E-state index contributed by atoms with van der Waals surface area (Å²) in [4.78, 5) is 12.3. The van der Waals surface area contributed by atoms with Crippen LogP contribution in [0.15, 0.2) is 23.1 Å². The maximum absolute atomic E-state index is 11.5. The second kappa shape index (κ2) is 5.66. The highest BCUT2D eigenvalue weighted by Gasteiger charge is 2.13. The van der Waals surface area contributed by atoms with E-state index in [4.69, 9.17) is 10.5 Å². The van der Waals surface area contributed by atoms with Crippen molar-refractivity contribution >= 4 is 23.4 Å². The van der Waals surface area contributed by atoms with Crippen LogP contribution in [0.4, 0.5) is 5.69 Å². The van der Waals surface area contributed by atoms with Crippen molar-refractivity contribution in [2.75, 3.05) is 18.6 Å². The Balaban J connectivity index is 3.03. The predicted molar refractivity (Wildman–Crippen MR) is 63.2 cm³/mol. The van der Waals surface area contributed by atoms with Crippen LogP contribution in [0.3, 0.4) is 0 Å². The quantitative estimate of drug-likeness (QED) is 0.486. The third-order valence-corrected chi connectivity index (χ3v) is 3.26. The number of methoxy groups -OCH3 is 1. The van der Waals surface area contributed by atoms with Gasteiger partial charge in [0.25, 0.3) is 0 Å². The minimum Gasteiger partial charge on any atom is -0.465 e. The molecule has 0 aliphatic rings. The maximum Gasteiger partial charge on any atom is 0.339 e. The van der Waals surface area contributed by atoms with E-state index in [1.165, 1.54) is 7.11 Å². The van der Waals surface area contributed by atoms with Crippen LogP contribution in [0, 0.1) is 0 Å². The molecule has 0 aliphatic heterocycles. The topological polar surface area (TPSA) is 52.3 Å². The van der Waals surface area contributed by atoms with Gasteiger partial charge < -0.3 is 10.5 Å². The number of ether oxygens (including phenoxy) is 1. The first-order chi connectivity index (χ1) is 7.20. The van der Waals surface area contributed by atoms with Crippen molar-refractivity contribution in [2.24, 2.45) is 0 Å². The average molecular weight is 225 g/mol. The van der Waals surface area contributed by atoms with Crippen LogP contribution in [0.2, 0.25) is 0 Å². The van der Waals surface area contributed by atoms with Gasteiger partial charge in [0.05, 0.1) is 12.7 Å². The Kier molecular flexibility index (Phi) is 4.49. The summed E-state index contributed by atoms with van der Waals surface area (Å²) in [7, 11) is 1.37. The molecule has 15 heavy (non-hydrogen) atoms. The molecule has 3 nitrogen and oxygen atoms in total. The number of rotatable bonds is 4. The molecule has 0 radical (unpaired) electrons. The molecule has 2 N–H and O–H groups in total. The predicted octanol–water partition coefficient (Wildman–Crippen LogP) is 2.56. The zero-order valence-corrected chi connectivity index (χ0v) is 9.76. The number of thioether (sulfide) groups is 1. The van der Waals surface area contributed by atoms with Gasteiger partial charge in [-0.1, -0.05) is 13.0 Å². The van der Waals surface area contributed by atoms with Crippen molar-refractivity contribution in [2.45, 2.75) is 18.2 Å². The number of hydrogen-bond donors (Lipinski definition) is 1. The van der Waals surface area contributed by atoms with Crippen LogP contribution in [0.5, 0.6) is 0 Å². The van der Waals surface area contributed by atoms with Gasteiger partial charge >= 0.3 is 5.97 Å². The van der Waals surface area contributed by atoms with Crippen LogP contribution in [-0.2, 0) is 4.74 Å². The number of benzene rings is 1. The molecular formula is C11H15NO2S. The maximum atomic E-state index is 11.5. The Morgan fingerprint density at radius 2 is 2.27 bits per heavy atom. The Hall–Kier alpha value is -1.16. The van der Waals surface area contributed by atoms with Crippen molar-refractivity contribution < 1.29 is 9.53 Å². The van der Waals surface area contributed by atoms with E-state index in [1.807, 2.05) is 0 Å². The first-order valence-corrected chi connectivity index (χ1v) is 5.78. The lowest BCUT2D eigenvalue weighted by Crippen LogP contribution is -2.05. The van der Waals surface area contributed by atoms with Crippen molar-refractivity contribution in [3.8, 4) is 0 Å². The normalized spacial score (nSPS) is 10.0. The first-order valence-electron chi connectivity index (χ1n) is 4.80. The summed E-state index contributed by atoms with van der Waals surface area (Å²) in [6.07, 6.45) is 1.04. The van der Waals surface area contributed by atoms with Gasteiger partial charge in [-0.15, -0.1) is 11.8 Å². The SMILES string of the molecule is CCCSc1c(N)cccc1C(=O)OC. The van der Waals surface area contributed by atoms with Gasteiger partial charge in [0.2, 0.25) is 0 Å². The summed E-state index contributed by atoms with van der Waals surface area (Å²) in [5.41, 5.74) is 7.01. The smallest absolute Gasteiger partial charge is 0.339 e. The van der Waals surface area contributed by atoms with Gasteiger partial charge in [0.15, 0.2) is 0 Å². The Labute approximate surface area is 94.0 Å². The molecule has 0 aliphatic carbocycles. The minimum atomic E-state index is -0.332. The molecule has 0 heterocycles. The molecule has 1 aromatic carbocycles. The van der Waals surface area contributed by atoms with Crippen molar-refractivity contribution in [1.82, 2.24) is 0 Å². The second-order valence-electron chi connectivity index (χ2n) is 3.06. The van der Waals surface area contributed by atoms with Gasteiger partial charge in [-0.05, 0) is 24.3 Å². The summed E-state index contributed by atoms with van der Waals surface area (Å²) in [6.45, 7) is 2.09. The van der Waals surface area contributed by atoms with Gasteiger partial charge in [-0.25, -0.2) is 4.79 Å². The fourth-order valence-electron chi connectivity index (χ4n) is 1.19. The average Bonchev–Trinajstić information content (AvgIpc) is 2.26. The lowest BCUT2D eigenvalue weighted by Gasteiger charge is -2.09. The van der Waals surface area contributed by atoms with Crippen LogP contribution in [0.25, 0.3) is 0 Å². The summed E-state index contributed by atoms with van der Waals surface area (Å²) >= 11 is 1.59. The van der Waals surface area contributed by atoms with E-state index >= 15 is 0 Å². The Morgan fingerprint density at radius 3 is 2.87 bits per heavy atom. The molecular weight excluding hydrogens is 210 g/mol. The van der Waals surface area contributed by atoms with Gasteiger partial charge in [-0.2, -0.15) is 0 Å². The second-order valence-corrected chi connectivity index (χ2v) is 4.17. The van der Waals surface area contributed by atoms with Crippen LogP contribution >= 0.6 is 11.8 Å². The molecule has 82 valence electrons. The molecule has 0 bridgehead atoms. The largest absolute Gasteiger partial charge is 0.465 e. The summed E-state index contributed by atoms with van der Waals surface area (Å²) in [5.74, 6) is 0.610. The third-order valence-electron chi connectivity index (χ3n) is 1.90. The molecule has 1 aromatic rings. The summed E-state index contributed by atoms with van der Waals surface area (Å²) < 4.78 is 4.70. The number of nitrogens with two attached hydrogens (primary N) is 1. The first kappa shape index (κ1) is 11.9. The van der Waals surface area contributed by atoms with E-state index in [9.17, 15) is 4.79 Å². The zero-order valence-electron chi connectivity index (χ0n) is 8.95. The summed E-state index contributed by atoms with van der Waals surface area (Å²) in [5, 5.41) is 0. The highest BCUT2D eigenvalue weighted by molar-refractivity contribution is 7.99. The lowest BCUT2D eigenvalue weighted by molar-refractivity contribution is 0.0597. The van der Waals surface area contributed by atoms with Crippen LogP contribution in [0.1, 0.15) is 23.7 Å². The van der Waals surface area contributed by atoms with E-state index in [0.717, 1.165) is 17.1 Å². The lowest BCUT2D eigenvalue weighted by atomic mass is 10.2. The highest BCUT2D eigenvalue weighted by Crippen LogP contribution is 2.29. The van der Waals surface area contributed by atoms with E-state index in [-0.39, 0.29) is 5.97 Å². The third kappa shape index (κ3) is 2.89. The Morgan fingerprint density at radius 1 is 1.53 bits per heavy atom. The van der Waals surface area contributed by atoms with E-state index in [1.54, 1.807) is 30.0 Å². The monoisotopic (exact) mass is 225 g/mol. The summed E-state index contributed by atoms with van der Waals surface area (Å²) in [6, 6.07) is 5.29. The molecule has 0 aromatic heterocycles. The van der Waals surface area contributed by atoms with E-state index in [2.05, 4.69) is 6.92 Å². The van der Waals surface area contributed by atoms with E-state index < -0.39 is 0 Å². The molecule has 0 saturated carbocycles. The molecule has 0 atom stereocenters. The number of anilines is 1. The number of esters is 1. The van der Waals surface area contributed by atoms with Crippen molar-refractivity contribution in [1.29, 1.82) is 0 Å². The molecule has 0 spiro atoms. The number of nitrogen functional groups attached to an aromatic ring is 1. The van der Waals surface area contributed by atoms with Crippen LogP contribution in [-0.4, -0.2) is 18.8 Å². The standard InChI is InChI=1S/C11H15NO2S/c1-3-7-15-10-8(11(13)14-2)5-4-6-9(10)12/h4-6H,3,7,12H2,1-2H3. The van der Waals surface area contributed by atoms with Gasteiger partial charge in [0.1, 0.15) is 0 Å². The molecule has 0 fully saturated rings. The van der Waals surface area contributed by atoms with Gasteiger partial charge in [-0.3, -0.25) is 0 Å². The Bertz CT molecular complexity index is 352. The minimum absolute atomic E-state index is 0.332. The number of carbonyl (C=O) groups is 1. The van der Waals surface area contributed by atoms with Crippen molar-refractivity contribution in [3.05, 3.63) is 23.8 Å². The molecule has 0 amide bonds. The number of hydrogen-bond acceptors (Lipinski definition) is 4. The van der Waals surface area contributed by atoms with Gasteiger partial charge in [0, 0.05) is 10.6 Å². The van der Waals surface area contributed by atoms with Crippen molar-refractivity contribution in [3.63, 3.8) is 0 Å². The molecule has 0 saturated heterocycles. The number of carbonyl (C=O) groups excluding carboxylic acids is 1. The van der Waals surface area contributed by atoms with Crippen LogP contribution < -0.4 is 5.73 Å². The molecule has 4 heteroatoms. The van der Waals surface area contributed by atoms with E-state index in [0.29, 0.717) is 11.3 Å².